The van der Waals surface area contributed by atoms with Crippen molar-refractivity contribution in [2.45, 2.75) is 6.10 Å². The lowest BCUT2D eigenvalue weighted by atomic mass is 10.0. The number of aromatic hydroxyl groups is 1. The number of esters is 1. The van der Waals surface area contributed by atoms with Gasteiger partial charge in [-0.05, 0) is 11.5 Å². The Balaban J connectivity index is 1.92. The van der Waals surface area contributed by atoms with Gasteiger partial charge in [0.2, 0.25) is 6.10 Å². The zero-order chi connectivity index (χ0) is 20.1. The first kappa shape index (κ1) is 18.9. The molecule has 7 heteroatoms. The number of hydrogen-bond donors (Lipinski definition) is 3. The van der Waals surface area contributed by atoms with E-state index < -0.39 is 24.0 Å². The summed E-state index contributed by atoms with van der Waals surface area (Å²) in [5.74, 6) is -1.93. The zero-order valence-electron chi connectivity index (χ0n) is 15.0. The summed E-state index contributed by atoms with van der Waals surface area (Å²) >= 11 is 0. The number of nitrogens with one attached hydrogen (secondary N) is 2. The van der Waals surface area contributed by atoms with Gasteiger partial charge in [0.1, 0.15) is 11.3 Å². The Morgan fingerprint density at radius 3 is 2.32 bits per heavy atom. The molecular weight excluding hydrogens is 360 g/mol. The summed E-state index contributed by atoms with van der Waals surface area (Å²) in [7, 11) is 1.36. The van der Waals surface area contributed by atoms with Crippen LogP contribution in [0.4, 0.5) is 4.79 Å². The molecule has 0 aliphatic rings. The van der Waals surface area contributed by atoms with Crippen LogP contribution in [0.1, 0.15) is 22.0 Å². The van der Waals surface area contributed by atoms with Gasteiger partial charge in [-0.25, -0.2) is 9.59 Å². The first-order valence-electron chi connectivity index (χ1n) is 8.50. The van der Waals surface area contributed by atoms with Crippen molar-refractivity contribution >= 4 is 28.7 Å². The molecule has 0 unspecified atom stereocenters. The summed E-state index contributed by atoms with van der Waals surface area (Å²) < 4.78 is 5.37. The van der Waals surface area contributed by atoms with Crippen LogP contribution >= 0.6 is 0 Å². The highest BCUT2D eigenvalue weighted by molar-refractivity contribution is 6.03. The predicted octanol–water partition coefficient (Wildman–Crippen LogP) is 2.90. The van der Waals surface area contributed by atoms with E-state index in [1.807, 2.05) is 6.07 Å². The number of phenolic OH excluding ortho intramolecular Hbond substituents is 1. The van der Waals surface area contributed by atoms with Crippen LogP contribution < -0.4 is 10.6 Å². The number of fused-ring (bicyclic) bond motifs is 1. The van der Waals surface area contributed by atoms with E-state index in [0.717, 1.165) is 5.39 Å². The molecule has 0 heterocycles. The van der Waals surface area contributed by atoms with Crippen molar-refractivity contribution in [1.29, 1.82) is 0 Å². The normalized spacial score (nSPS) is 11.5. The first-order chi connectivity index (χ1) is 13.5. The molecule has 0 saturated carbocycles. The molecule has 0 aromatic heterocycles. The minimum atomic E-state index is -1.36. The van der Waals surface area contributed by atoms with Crippen molar-refractivity contribution in [3.8, 4) is 5.75 Å². The fourth-order valence-electron chi connectivity index (χ4n) is 2.73. The van der Waals surface area contributed by atoms with Crippen LogP contribution in [0.15, 0.2) is 66.7 Å². The Morgan fingerprint density at radius 1 is 0.929 bits per heavy atom. The van der Waals surface area contributed by atoms with E-state index in [1.54, 1.807) is 54.6 Å². The van der Waals surface area contributed by atoms with Crippen LogP contribution in [0.5, 0.6) is 5.75 Å². The van der Waals surface area contributed by atoms with Gasteiger partial charge in [-0.3, -0.25) is 10.1 Å². The maximum absolute atomic E-state index is 12.7. The van der Waals surface area contributed by atoms with Gasteiger partial charge in [0, 0.05) is 18.0 Å². The second-order valence-electron chi connectivity index (χ2n) is 5.95. The van der Waals surface area contributed by atoms with Gasteiger partial charge in [-0.1, -0.05) is 60.7 Å². The molecule has 0 saturated heterocycles. The maximum Gasteiger partial charge on any atom is 0.343 e. The van der Waals surface area contributed by atoms with Crippen LogP contribution in [-0.2, 0) is 9.53 Å². The standard InChI is InChI=1S/C21H18N2O5/c1-22-21(27)23-19(25)18(14-8-3-2-4-9-14)28-20(26)16-12-11-13-7-5-6-10-15(13)17(16)24/h2-12,18,24H,1H3,(H2,22,23,25,27)/t18-/m1/s1. The van der Waals surface area contributed by atoms with Gasteiger partial charge in [0.15, 0.2) is 0 Å². The number of urea groups is 1. The van der Waals surface area contributed by atoms with Gasteiger partial charge < -0.3 is 15.2 Å². The number of phenols is 1. The van der Waals surface area contributed by atoms with Crippen LogP contribution in [0, 0.1) is 0 Å². The van der Waals surface area contributed by atoms with Crippen LogP contribution in [0.3, 0.4) is 0 Å². The molecule has 3 N–H and O–H groups in total. The Morgan fingerprint density at radius 2 is 1.61 bits per heavy atom. The molecule has 3 amide bonds. The first-order valence-corrected chi connectivity index (χ1v) is 8.50. The van der Waals surface area contributed by atoms with Crippen LogP contribution in [0.25, 0.3) is 10.8 Å². The van der Waals surface area contributed by atoms with E-state index in [4.69, 9.17) is 4.74 Å². The molecule has 3 rings (SSSR count). The molecular formula is C21H18N2O5. The van der Waals surface area contributed by atoms with Crippen molar-refractivity contribution in [3.63, 3.8) is 0 Å². The van der Waals surface area contributed by atoms with Gasteiger partial charge in [-0.15, -0.1) is 0 Å². The smallest absolute Gasteiger partial charge is 0.343 e. The number of carbonyl (C=O) groups is 3. The lowest BCUT2D eigenvalue weighted by Gasteiger charge is -2.18. The van der Waals surface area contributed by atoms with Crippen molar-refractivity contribution in [2.75, 3.05) is 7.05 Å². The third kappa shape index (κ3) is 3.93. The van der Waals surface area contributed by atoms with E-state index in [1.165, 1.54) is 13.1 Å². The Kier molecular flexibility index (Phi) is 5.55. The topological polar surface area (TPSA) is 105 Å². The molecule has 0 aliphatic carbocycles. The number of amides is 3. The average Bonchev–Trinajstić information content (AvgIpc) is 2.72. The quantitative estimate of drug-likeness (QED) is 0.606. The monoisotopic (exact) mass is 378 g/mol. The van der Waals surface area contributed by atoms with Gasteiger partial charge in [-0.2, -0.15) is 0 Å². The summed E-state index contributed by atoms with van der Waals surface area (Å²) in [6.45, 7) is 0. The maximum atomic E-state index is 12.7. The molecule has 0 aliphatic heterocycles. The Bertz CT molecular complexity index is 1030. The molecule has 28 heavy (non-hydrogen) atoms. The van der Waals surface area contributed by atoms with Crippen molar-refractivity contribution in [2.24, 2.45) is 0 Å². The van der Waals surface area contributed by atoms with Gasteiger partial charge in [0.05, 0.1) is 0 Å². The average molecular weight is 378 g/mol. The largest absolute Gasteiger partial charge is 0.506 e. The molecule has 7 nitrogen and oxygen atoms in total. The van der Waals surface area contributed by atoms with Gasteiger partial charge >= 0.3 is 12.0 Å². The van der Waals surface area contributed by atoms with Crippen molar-refractivity contribution in [1.82, 2.24) is 10.6 Å². The fraction of sp³-hybridized carbons (Fsp3) is 0.0952. The van der Waals surface area contributed by atoms with Crippen molar-refractivity contribution in [3.05, 3.63) is 77.9 Å². The number of ether oxygens (including phenoxy) is 1. The highest BCUT2D eigenvalue weighted by Gasteiger charge is 2.28. The lowest BCUT2D eigenvalue weighted by molar-refractivity contribution is -0.129. The molecule has 1 atom stereocenters. The number of rotatable bonds is 4. The molecule has 3 aromatic rings. The molecule has 0 bridgehead atoms. The van der Waals surface area contributed by atoms with E-state index in [-0.39, 0.29) is 11.3 Å². The highest BCUT2D eigenvalue weighted by Crippen LogP contribution is 2.30. The fourth-order valence-corrected chi connectivity index (χ4v) is 2.73. The Labute approximate surface area is 160 Å². The molecule has 0 fully saturated rings. The molecule has 0 radical (unpaired) electrons. The van der Waals surface area contributed by atoms with E-state index in [0.29, 0.717) is 10.9 Å². The third-order valence-electron chi connectivity index (χ3n) is 4.15. The SMILES string of the molecule is CNC(=O)NC(=O)[C@H](OC(=O)c1ccc2ccccc2c1O)c1ccccc1. The molecule has 142 valence electrons. The van der Waals surface area contributed by atoms with Crippen LogP contribution in [0.2, 0.25) is 0 Å². The third-order valence-corrected chi connectivity index (χ3v) is 4.15. The lowest BCUT2D eigenvalue weighted by Crippen LogP contribution is -2.41. The number of carbonyl (C=O) groups excluding carboxylic acids is 3. The van der Waals surface area contributed by atoms with Gasteiger partial charge in [0.25, 0.3) is 5.91 Å². The summed E-state index contributed by atoms with van der Waals surface area (Å²) in [4.78, 5) is 36.6. The number of imide groups is 1. The number of benzene rings is 3. The van der Waals surface area contributed by atoms with E-state index in [9.17, 15) is 19.5 Å². The summed E-state index contributed by atoms with van der Waals surface area (Å²) in [6.07, 6.45) is -1.36. The second-order valence-corrected chi connectivity index (χ2v) is 5.95. The minimum Gasteiger partial charge on any atom is -0.506 e. The highest BCUT2D eigenvalue weighted by atomic mass is 16.5. The summed E-state index contributed by atoms with van der Waals surface area (Å²) in [6, 6.07) is 17.7. The Hall–Kier alpha value is -3.87. The van der Waals surface area contributed by atoms with Crippen LogP contribution in [-0.4, -0.2) is 30.1 Å². The molecule has 0 spiro atoms. The molecule has 3 aromatic carbocycles. The van der Waals surface area contributed by atoms with E-state index >= 15 is 0 Å². The summed E-state index contributed by atoms with van der Waals surface area (Å²) in [5, 5.41) is 16.1. The number of hydrogen-bond acceptors (Lipinski definition) is 5. The predicted molar refractivity (Wildman–Crippen MR) is 103 cm³/mol. The minimum absolute atomic E-state index is 0.0765. The van der Waals surface area contributed by atoms with Crippen molar-refractivity contribution < 1.29 is 24.2 Å². The summed E-state index contributed by atoms with van der Waals surface area (Å²) in [5.41, 5.74) is 0.310. The van der Waals surface area contributed by atoms with E-state index in [2.05, 4.69) is 10.6 Å². The zero-order valence-corrected chi connectivity index (χ0v) is 15.0. The second kappa shape index (κ2) is 8.22.